The summed E-state index contributed by atoms with van der Waals surface area (Å²) in [5.41, 5.74) is 2.40. The zero-order valence-corrected chi connectivity index (χ0v) is 14.8. The molecule has 0 unspecified atom stereocenters. The SMILES string of the molecule is Cc1cccc(C(=O)NCCNC(=O)c2c(C)c(C)nn(C)c2=O)c1. The van der Waals surface area contributed by atoms with Crippen LogP contribution < -0.4 is 16.2 Å². The van der Waals surface area contributed by atoms with E-state index >= 15 is 0 Å². The normalized spacial score (nSPS) is 10.4. The molecule has 0 saturated heterocycles. The van der Waals surface area contributed by atoms with Crippen molar-refractivity contribution < 1.29 is 9.59 Å². The summed E-state index contributed by atoms with van der Waals surface area (Å²) in [6, 6.07) is 7.25. The standard InChI is InChI=1S/C18H22N4O3/c1-11-6-5-7-14(10-11)16(23)19-8-9-20-17(24)15-12(2)13(3)21-22(4)18(15)25/h5-7,10H,8-9H2,1-4H3,(H,19,23)(H,20,24). The molecule has 132 valence electrons. The van der Waals surface area contributed by atoms with E-state index in [-0.39, 0.29) is 24.6 Å². The van der Waals surface area contributed by atoms with Crippen LogP contribution in [-0.2, 0) is 7.05 Å². The van der Waals surface area contributed by atoms with E-state index < -0.39 is 11.5 Å². The molecule has 7 nitrogen and oxygen atoms in total. The number of carbonyl (C=O) groups excluding carboxylic acids is 2. The topological polar surface area (TPSA) is 93.1 Å². The fraction of sp³-hybridized carbons (Fsp3) is 0.333. The van der Waals surface area contributed by atoms with Gasteiger partial charge in [0.2, 0.25) is 0 Å². The average molecular weight is 342 g/mol. The quantitative estimate of drug-likeness (QED) is 0.789. The highest BCUT2D eigenvalue weighted by Crippen LogP contribution is 2.05. The van der Waals surface area contributed by atoms with Gasteiger partial charge in [0.05, 0.1) is 5.69 Å². The second kappa shape index (κ2) is 7.74. The van der Waals surface area contributed by atoms with E-state index in [4.69, 9.17) is 0 Å². The summed E-state index contributed by atoms with van der Waals surface area (Å²) in [5.74, 6) is -0.668. The summed E-state index contributed by atoms with van der Waals surface area (Å²) in [4.78, 5) is 36.4. The highest BCUT2D eigenvalue weighted by atomic mass is 16.2. The van der Waals surface area contributed by atoms with Crippen LogP contribution >= 0.6 is 0 Å². The summed E-state index contributed by atoms with van der Waals surface area (Å²) in [5, 5.41) is 9.44. The van der Waals surface area contributed by atoms with Crippen molar-refractivity contribution in [1.29, 1.82) is 0 Å². The van der Waals surface area contributed by atoms with Gasteiger partial charge in [-0.15, -0.1) is 0 Å². The number of hydrogen-bond donors (Lipinski definition) is 2. The molecular formula is C18H22N4O3. The number of nitrogens with zero attached hydrogens (tertiary/aromatic N) is 2. The molecule has 7 heteroatoms. The lowest BCUT2D eigenvalue weighted by Crippen LogP contribution is -2.39. The van der Waals surface area contributed by atoms with Crippen molar-refractivity contribution in [2.24, 2.45) is 7.05 Å². The maximum atomic E-state index is 12.3. The summed E-state index contributed by atoms with van der Waals surface area (Å²) >= 11 is 0. The van der Waals surface area contributed by atoms with Gasteiger partial charge in [0.1, 0.15) is 5.56 Å². The first kappa shape index (κ1) is 18.4. The van der Waals surface area contributed by atoms with Crippen molar-refractivity contribution in [1.82, 2.24) is 20.4 Å². The van der Waals surface area contributed by atoms with Crippen molar-refractivity contribution in [2.75, 3.05) is 13.1 Å². The molecule has 1 heterocycles. The zero-order chi connectivity index (χ0) is 18.6. The van der Waals surface area contributed by atoms with Gasteiger partial charge in [-0.2, -0.15) is 5.10 Å². The van der Waals surface area contributed by atoms with E-state index in [9.17, 15) is 14.4 Å². The van der Waals surface area contributed by atoms with Gasteiger partial charge in [-0.1, -0.05) is 17.7 Å². The van der Waals surface area contributed by atoms with Crippen LogP contribution in [0.4, 0.5) is 0 Å². The molecule has 2 N–H and O–H groups in total. The van der Waals surface area contributed by atoms with Crippen molar-refractivity contribution in [2.45, 2.75) is 20.8 Å². The number of aryl methyl sites for hydroxylation is 3. The smallest absolute Gasteiger partial charge is 0.279 e. The van der Waals surface area contributed by atoms with Gasteiger partial charge in [-0.3, -0.25) is 14.4 Å². The Morgan fingerprint density at radius 3 is 2.36 bits per heavy atom. The maximum Gasteiger partial charge on any atom is 0.279 e. The van der Waals surface area contributed by atoms with Crippen LogP contribution in [0.1, 0.15) is 37.5 Å². The highest BCUT2D eigenvalue weighted by molar-refractivity contribution is 5.96. The lowest BCUT2D eigenvalue weighted by atomic mass is 10.1. The van der Waals surface area contributed by atoms with Gasteiger partial charge in [0.15, 0.2) is 0 Å². The Kier molecular flexibility index (Phi) is 5.69. The summed E-state index contributed by atoms with van der Waals surface area (Å²) in [6.45, 7) is 5.84. The zero-order valence-electron chi connectivity index (χ0n) is 14.8. The Labute approximate surface area is 146 Å². The third-order valence-corrected chi connectivity index (χ3v) is 3.93. The van der Waals surface area contributed by atoms with E-state index in [0.717, 1.165) is 10.2 Å². The molecule has 2 amide bonds. The predicted molar refractivity (Wildman–Crippen MR) is 94.8 cm³/mol. The van der Waals surface area contributed by atoms with Crippen LogP contribution in [-0.4, -0.2) is 34.7 Å². The van der Waals surface area contributed by atoms with Crippen molar-refractivity contribution in [3.63, 3.8) is 0 Å². The van der Waals surface area contributed by atoms with Gasteiger partial charge >= 0.3 is 0 Å². The summed E-state index contributed by atoms with van der Waals surface area (Å²) in [7, 11) is 1.51. The largest absolute Gasteiger partial charge is 0.350 e. The Bertz CT molecular complexity index is 871. The van der Waals surface area contributed by atoms with Gasteiger partial charge in [-0.25, -0.2) is 4.68 Å². The van der Waals surface area contributed by atoms with Gasteiger partial charge in [-0.05, 0) is 38.5 Å². The Morgan fingerprint density at radius 1 is 1.08 bits per heavy atom. The molecule has 2 aromatic rings. The van der Waals surface area contributed by atoms with Crippen LogP contribution in [0.2, 0.25) is 0 Å². The van der Waals surface area contributed by atoms with Crippen molar-refractivity contribution in [3.05, 3.63) is 62.6 Å². The molecule has 0 spiro atoms. The molecule has 0 fully saturated rings. The van der Waals surface area contributed by atoms with E-state index in [1.165, 1.54) is 7.05 Å². The number of hydrogen-bond acceptors (Lipinski definition) is 4. The van der Waals surface area contributed by atoms with E-state index in [1.54, 1.807) is 26.0 Å². The molecule has 0 saturated carbocycles. The van der Waals surface area contributed by atoms with Gasteiger partial charge in [0.25, 0.3) is 17.4 Å². The van der Waals surface area contributed by atoms with Crippen molar-refractivity contribution >= 4 is 11.8 Å². The molecule has 0 radical (unpaired) electrons. The molecule has 0 bridgehead atoms. The summed E-state index contributed by atoms with van der Waals surface area (Å²) < 4.78 is 1.15. The van der Waals surface area contributed by atoms with Crippen LogP contribution in [0.15, 0.2) is 29.1 Å². The molecular weight excluding hydrogens is 320 g/mol. The minimum absolute atomic E-state index is 0.0833. The van der Waals surface area contributed by atoms with Gasteiger partial charge < -0.3 is 10.6 Å². The molecule has 0 aliphatic carbocycles. The van der Waals surface area contributed by atoms with Crippen LogP contribution in [0.5, 0.6) is 0 Å². The Morgan fingerprint density at radius 2 is 1.72 bits per heavy atom. The Balaban J connectivity index is 1.94. The molecule has 1 aromatic heterocycles. The van der Waals surface area contributed by atoms with E-state index in [2.05, 4.69) is 15.7 Å². The predicted octanol–water partition coefficient (Wildman–Crippen LogP) is 0.865. The van der Waals surface area contributed by atoms with Crippen LogP contribution in [0, 0.1) is 20.8 Å². The number of nitrogens with one attached hydrogen (secondary N) is 2. The maximum absolute atomic E-state index is 12.3. The number of carbonyl (C=O) groups is 2. The molecule has 0 aliphatic heterocycles. The minimum Gasteiger partial charge on any atom is -0.350 e. The van der Waals surface area contributed by atoms with Gasteiger partial charge in [0, 0.05) is 25.7 Å². The number of aromatic nitrogens is 2. The number of benzene rings is 1. The third kappa shape index (κ3) is 4.32. The first-order valence-corrected chi connectivity index (χ1v) is 7.99. The number of amides is 2. The lowest BCUT2D eigenvalue weighted by molar-refractivity contribution is 0.0926. The second-order valence-corrected chi connectivity index (χ2v) is 5.90. The fourth-order valence-electron chi connectivity index (χ4n) is 2.44. The molecule has 25 heavy (non-hydrogen) atoms. The van der Waals surface area contributed by atoms with Crippen LogP contribution in [0.3, 0.4) is 0 Å². The average Bonchev–Trinajstić information content (AvgIpc) is 2.57. The third-order valence-electron chi connectivity index (χ3n) is 3.93. The molecule has 0 atom stereocenters. The number of rotatable bonds is 5. The highest BCUT2D eigenvalue weighted by Gasteiger charge is 2.17. The summed E-state index contributed by atoms with van der Waals surface area (Å²) in [6.07, 6.45) is 0. The minimum atomic E-state index is -0.464. The monoisotopic (exact) mass is 342 g/mol. The molecule has 1 aromatic carbocycles. The van der Waals surface area contributed by atoms with Crippen molar-refractivity contribution in [3.8, 4) is 0 Å². The first-order chi connectivity index (χ1) is 11.8. The van der Waals surface area contributed by atoms with E-state index in [1.807, 2.05) is 19.1 Å². The lowest BCUT2D eigenvalue weighted by Gasteiger charge is -2.11. The fourth-order valence-corrected chi connectivity index (χ4v) is 2.44. The second-order valence-electron chi connectivity index (χ2n) is 5.90. The molecule has 2 rings (SSSR count). The Hall–Kier alpha value is -2.96. The first-order valence-electron chi connectivity index (χ1n) is 7.99. The molecule has 0 aliphatic rings. The van der Waals surface area contributed by atoms with E-state index in [0.29, 0.717) is 16.8 Å². The van der Waals surface area contributed by atoms with Crippen LogP contribution in [0.25, 0.3) is 0 Å².